The number of aromatic nitrogens is 1. The molecule has 1 aromatic carbocycles. The summed E-state index contributed by atoms with van der Waals surface area (Å²) in [6, 6.07) is 4.78. The van der Waals surface area contributed by atoms with Crippen LogP contribution in [0.25, 0.3) is 10.4 Å². The minimum atomic E-state index is -0.324. The number of nitrogen functional groups attached to an aromatic ring is 1. The maximum absolute atomic E-state index is 13.7. The number of rotatable bonds is 3. The van der Waals surface area contributed by atoms with Crippen LogP contribution < -0.4 is 10.5 Å². The molecule has 1 heterocycles. The Balaban J connectivity index is 2.36. The molecule has 0 spiro atoms. The molecule has 0 radical (unpaired) electrons. The van der Waals surface area contributed by atoms with Gasteiger partial charge in [-0.3, -0.25) is 0 Å². The fraction of sp³-hybridized carbons (Fsp3) is 0.182. The lowest BCUT2D eigenvalue weighted by Crippen LogP contribution is -1.92. The Morgan fingerprint density at radius 1 is 1.50 bits per heavy atom. The summed E-state index contributed by atoms with van der Waals surface area (Å²) in [5, 5.41) is 0.434. The van der Waals surface area contributed by atoms with Crippen molar-refractivity contribution in [1.29, 1.82) is 0 Å². The molecule has 16 heavy (non-hydrogen) atoms. The highest BCUT2D eigenvalue weighted by Gasteiger charge is 2.09. The first-order valence-corrected chi connectivity index (χ1v) is 5.66. The van der Waals surface area contributed by atoms with E-state index in [2.05, 4.69) is 4.98 Å². The molecule has 0 saturated carbocycles. The first kappa shape index (κ1) is 10.9. The molecule has 0 aliphatic heterocycles. The molecule has 84 valence electrons. The Labute approximate surface area is 96.7 Å². The van der Waals surface area contributed by atoms with Crippen LogP contribution in [0.15, 0.2) is 24.4 Å². The van der Waals surface area contributed by atoms with E-state index in [1.165, 1.54) is 17.4 Å². The van der Waals surface area contributed by atoms with Gasteiger partial charge in [0.25, 0.3) is 0 Å². The lowest BCUT2D eigenvalue weighted by atomic mass is 10.2. The predicted molar refractivity (Wildman–Crippen MR) is 63.1 cm³/mol. The van der Waals surface area contributed by atoms with Gasteiger partial charge in [0.2, 0.25) is 0 Å². The van der Waals surface area contributed by atoms with Crippen molar-refractivity contribution in [2.75, 3.05) is 12.3 Å². The number of nitrogens with zero attached hydrogens (tertiary/aromatic N) is 1. The van der Waals surface area contributed by atoms with Gasteiger partial charge in [0.15, 0.2) is 5.13 Å². The first-order valence-electron chi connectivity index (χ1n) is 4.84. The van der Waals surface area contributed by atoms with Gasteiger partial charge in [-0.05, 0) is 19.1 Å². The minimum absolute atomic E-state index is 0.324. The molecule has 0 aliphatic carbocycles. The highest BCUT2D eigenvalue weighted by Crippen LogP contribution is 2.31. The number of hydrogen-bond acceptors (Lipinski definition) is 4. The van der Waals surface area contributed by atoms with E-state index in [9.17, 15) is 4.39 Å². The molecular weight excluding hydrogens is 227 g/mol. The third-order valence-electron chi connectivity index (χ3n) is 2.04. The van der Waals surface area contributed by atoms with Crippen LogP contribution in [0.2, 0.25) is 0 Å². The minimum Gasteiger partial charge on any atom is -0.494 e. The van der Waals surface area contributed by atoms with Crippen LogP contribution in [-0.4, -0.2) is 11.6 Å². The summed E-state index contributed by atoms with van der Waals surface area (Å²) in [5.41, 5.74) is 6.00. The van der Waals surface area contributed by atoms with E-state index >= 15 is 0 Å². The Morgan fingerprint density at radius 3 is 2.88 bits per heavy atom. The van der Waals surface area contributed by atoms with Crippen molar-refractivity contribution < 1.29 is 9.13 Å². The second-order valence-corrected chi connectivity index (χ2v) is 4.20. The summed E-state index contributed by atoms with van der Waals surface area (Å²) < 4.78 is 18.9. The zero-order chi connectivity index (χ0) is 11.5. The maximum Gasteiger partial charge on any atom is 0.180 e. The van der Waals surface area contributed by atoms with E-state index in [4.69, 9.17) is 10.5 Å². The van der Waals surface area contributed by atoms with Gasteiger partial charge in [-0.1, -0.05) is 11.3 Å². The van der Waals surface area contributed by atoms with Gasteiger partial charge >= 0.3 is 0 Å². The monoisotopic (exact) mass is 238 g/mol. The fourth-order valence-electron chi connectivity index (χ4n) is 1.36. The summed E-state index contributed by atoms with van der Waals surface area (Å²) in [6.07, 6.45) is 1.57. The van der Waals surface area contributed by atoms with Gasteiger partial charge in [-0.15, -0.1) is 0 Å². The highest BCUT2D eigenvalue weighted by atomic mass is 32.1. The quantitative estimate of drug-likeness (QED) is 0.894. The molecule has 0 aliphatic rings. The molecule has 2 rings (SSSR count). The number of thiazole rings is 1. The summed E-state index contributed by atoms with van der Waals surface area (Å²) in [6.45, 7) is 2.38. The van der Waals surface area contributed by atoms with E-state index in [1.54, 1.807) is 18.3 Å². The molecule has 0 bridgehead atoms. The van der Waals surface area contributed by atoms with Crippen LogP contribution in [0, 0.1) is 5.82 Å². The van der Waals surface area contributed by atoms with E-state index < -0.39 is 0 Å². The highest BCUT2D eigenvalue weighted by molar-refractivity contribution is 7.18. The molecule has 0 atom stereocenters. The van der Waals surface area contributed by atoms with Crippen LogP contribution in [0.1, 0.15) is 6.92 Å². The van der Waals surface area contributed by atoms with Crippen LogP contribution >= 0.6 is 11.3 Å². The first-order chi connectivity index (χ1) is 7.70. The van der Waals surface area contributed by atoms with Crippen molar-refractivity contribution in [2.45, 2.75) is 6.92 Å². The molecule has 2 aromatic rings. The topological polar surface area (TPSA) is 48.1 Å². The largest absolute Gasteiger partial charge is 0.494 e. The predicted octanol–water partition coefficient (Wildman–Crippen LogP) is 2.93. The number of anilines is 1. The second-order valence-electron chi connectivity index (χ2n) is 3.14. The lowest BCUT2D eigenvalue weighted by Gasteiger charge is -2.04. The van der Waals surface area contributed by atoms with E-state index in [0.29, 0.717) is 23.1 Å². The maximum atomic E-state index is 13.7. The molecule has 0 amide bonds. The van der Waals surface area contributed by atoms with Gasteiger partial charge < -0.3 is 10.5 Å². The van der Waals surface area contributed by atoms with Crippen molar-refractivity contribution in [3.05, 3.63) is 30.2 Å². The summed E-state index contributed by atoms with van der Waals surface area (Å²) in [4.78, 5) is 4.61. The van der Waals surface area contributed by atoms with E-state index in [1.807, 2.05) is 6.92 Å². The number of hydrogen-bond donors (Lipinski definition) is 1. The third-order valence-corrected chi connectivity index (χ3v) is 2.90. The van der Waals surface area contributed by atoms with Gasteiger partial charge in [0.05, 0.1) is 11.5 Å². The Hall–Kier alpha value is -1.62. The van der Waals surface area contributed by atoms with E-state index in [-0.39, 0.29) is 5.82 Å². The Kier molecular flexibility index (Phi) is 3.05. The van der Waals surface area contributed by atoms with Crippen molar-refractivity contribution in [2.24, 2.45) is 0 Å². The summed E-state index contributed by atoms with van der Waals surface area (Å²) in [5.74, 6) is 0.204. The number of ether oxygens (including phenoxy) is 1. The molecule has 2 N–H and O–H groups in total. The lowest BCUT2D eigenvalue weighted by molar-refractivity contribution is 0.338. The van der Waals surface area contributed by atoms with Gasteiger partial charge in [0, 0.05) is 17.8 Å². The number of benzene rings is 1. The number of nitrogens with two attached hydrogens (primary N) is 1. The molecule has 1 aromatic heterocycles. The summed E-state index contributed by atoms with van der Waals surface area (Å²) >= 11 is 1.26. The Bertz CT molecular complexity index is 498. The molecule has 0 fully saturated rings. The fourth-order valence-corrected chi connectivity index (χ4v) is 2.08. The van der Waals surface area contributed by atoms with Crippen LogP contribution in [0.3, 0.4) is 0 Å². The average Bonchev–Trinajstić information content (AvgIpc) is 2.65. The van der Waals surface area contributed by atoms with Crippen molar-refractivity contribution in [1.82, 2.24) is 4.98 Å². The molecular formula is C11H11FN2OS. The third kappa shape index (κ3) is 2.14. The Morgan fingerprint density at radius 2 is 2.31 bits per heavy atom. The smallest absolute Gasteiger partial charge is 0.180 e. The standard InChI is InChI=1S/C11H11FN2OS/c1-2-15-7-3-4-8(9(12)5-7)10-6-14-11(13)16-10/h3-6H,2H2,1H3,(H2,13,14). The van der Waals surface area contributed by atoms with Crippen LogP contribution in [0.5, 0.6) is 5.75 Å². The van der Waals surface area contributed by atoms with Crippen LogP contribution in [-0.2, 0) is 0 Å². The molecule has 5 heteroatoms. The average molecular weight is 238 g/mol. The van der Waals surface area contributed by atoms with Gasteiger partial charge in [-0.2, -0.15) is 0 Å². The zero-order valence-electron chi connectivity index (χ0n) is 8.74. The number of halogens is 1. The van der Waals surface area contributed by atoms with E-state index in [0.717, 1.165) is 4.88 Å². The van der Waals surface area contributed by atoms with Crippen molar-refractivity contribution >= 4 is 16.5 Å². The SMILES string of the molecule is CCOc1ccc(-c2cnc(N)s2)c(F)c1. The molecule has 0 saturated heterocycles. The summed E-state index contributed by atoms with van der Waals surface area (Å²) in [7, 11) is 0. The van der Waals surface area contributed by atoms with Gasteiger partial charge in [-0.25, -0.2) is 9.37 Å². The van der Waals surface area contributed by atoms with Gasteiger partial charge in [0.1, 0.15) is 11.6 Å². The van der Waals surface area contributed by atoms with Crippen molar-refractivity contribution in [3.63, 3.8) is 0 Å². The zero-order valence-corrected chi connectivity index (χ0v) is 9.55. The van der Waals surface area contributed by atoms with Crippen molar-refractivity contribution in [3.8, 4) is 16.2 Å². The normalized spacial score (nSPS) is 10.4. The molecule has 0 unspecified atom stereocenters. The second kappa shape index (κ2) is 4.49. The molecule has 3 nitrogen and oxygen atoms in total. The van der Waals surface area contributed by atoms with Crippen LogP contribution in [0.4, 0.5) is 9.52 Å².